The standard InChI is InChI=1S/C15H19F3N2O2/c1-11(21)19-13-5-3-7-20(10-13)9-12-4-2-6-14(8-12)22-15(16,17)18/h2,4,6,8,13H,3,5,7,9-10H2,1H3,(H,19,21)/t13-/m0/s1. The number of hydrogen-bond acceptors (Lipinski definition) is 3. The fourth-order valence-corrected chi connectivity index (χ4v) is 2.70. The number of nitrogens with zero attached hydrogens (tertiary/aromatic N) is 1. The van der Waals surface area contributed by atoms with Gasteiger partial charge in [-0.2, -0.15) is 0 Å². The first kappa shape index (κ1) is 16.6. The van der Waals surface area contributed by atoms with Crippen molar-refractivity contribution in [1.82, 2.24) is 10.2 Å². The van der Waals surface area contributed by atoms with Crippen LogP contribution in [0.1, 0.15) is 25.3 Å². The van der Waals surface area contributed by atoms with E-state index in [1.54, 1.807) is 12.1 Å². The molecule has 1 saturated heterocycles. The summed E-state index contributed by atoms with van der Waals surface area (Å²) in [5.41, 5.74) is 0.755. The predicted octanol–water partition coefficient (Wildman–Crippen LogP) is 2.69. The molecule has 1 aromatic rings. The van der Waals surface area contributed by atoms with Crippen LogP contribution in [-0.2, 0) is 11.3 Å². The number of nitrogens with one attached hydrogen (secondary N) is 1. The second kappa shape index (κ2) is 7.00. The van der Waals surface area contributed by atoms with Gasteiger partial charge in [-0.05, 0) is 37.1 Å². The number of benzene rings is 1. The molecule has 2 rings (SSSR count). The van der Waals surface area contributed by atoms with Gasteiger partial charge in [-0.25, -0.2) is 0 Å². The highest BCUT2D eigenvalue weighted by Crippen LogP contribution is 2.24. The molecule has 0 bridgehead atoms. The van der Waals surface area contributed by atoms with E-state index in [-0.39, 0.29) is 17.7 Å². The lowest BCUT2D eigenvalue weighted by Gasteiger charge is -2.33. The monoisotopic (exact) mass is 316 g/mol. The molecule has 1 atom stereocenters. The summed E-state index contributed by atoms with van der Waals surface area (Å²) in [6.07, 6.45) is -2.81. The first-order chi connectivity index (χ1) is 10.3. The van der Waals surface area contributed by atoms with Gasteiger partial charge in [-0.3, -0.25) is 9.69 Å². The average Bonchev–Trinajstić information content (AvgIpc) is 2.36. The Labute approximate surface area is 127 Å². The Bertz CT molecular complexity index is 520. The zero-order chi connectivity index (χ0) is 16.2. The van der Waals surface area contributed by atoms with Crippen LogP contribution in [0.25, 0.3) is 0 Å². The summed E-state index contributed by atoms with van der Waals surface area (Å²) in [6, 6.07) is 6.10. The molecule has 1 fully saturated rings. The van der Waals surface area contributed by atoms with Crippen LogP contribution >= 0.6 is 0 Å². The number of alkyl halides is 3. The van der Waals surface area contributed by atoms with Crippen LogP contribution in [0.3, 0.4) is 0 Å². The van der Waals surface area contributed by atoms with Crippen LogP contribution in [-0.4, -0.2) is 36.3 Å². The minimum absolute atomic E-state index is 0.0626. The van der Waals surface area contributed by atoms with Gasteiger partial charge in [-0.15, -0.1) is 13.2 Å². The van der Waals surface area contributed by atoms with Gasteiger partial charge in [0, 0.05) is 26.1 Å². The third-order valence-corrected chi connectivity index (χ3v) is 3.45. The molecule has 4 nitrogen and oxygen atoms in total. The van der Waals surface area contributed by atoms with Gasteiger partial charge >= 0.3 is 6.36 Å². The average molecular weight is 316 g/mol. The molecular weight excluding hydrogens is 297 g/mol. The first-order valence-corrected chi connectivity index (χ1v) is 7.16. The Morgan fingerprint density at radius 3 is 2.91 bits per heavy atom. The zero-order valence-corrected chi connectivity index (χ0v) is 12.3. The van der Waals surface area contributed by atoms with E-state index in [2.05, 4.69) is 15.0 Å². The highest BCUT2D eigenvalue weighted by molar-refractivity contribution is 5.73. The van der Waals surface area contributed by atoms with Crippen molar-refractivity contribution in [2.24, 2.45) is 0 Å². The van der Waals surface area contributed by atoms with E-state index in [1.807, 2.05) is 0 Å². The van der Waals surface area contributed by atoms with Crippen LogP contribution in [0.2, 0.25) is 0 Å². The van der Waals surface area contributed by atoms with Crippen molar-refractivity contribution in [1.29, 1.82) is 0 Å². The second-order valence-electron chi connectivity index (χ2n) is 5.47. The Morgan fingerprint density at radius 2 is 2.23 bits per heavy atom. The van der Waals surface area contributed by atoms with Crippen molar-refractivity contribution in [3.8, 4) is 5.75 Å². The lowest BCUT2D eigenvalue weighted by Crippen LogP contribution is -2.46. The molecule has 1 aliphatic rings. The molecule has 1 heterocycles. The number of carbonyl (C=O) groups excluding carboxylic acids is 1. The van der Waals surface area contributed by atoms with E-state index in [9.17, 15) is 18.0 Å². The lowest BCUT2D eigenvalue weighted by atomic mass is 10.0. The predicted molar refractivity (Wildman–Crippen MR) is 75.2 cm³/mol. The zero-order valence-electron chi connectivity index (χ0n) is 12.3. The molecule has 122 valence electrons. The van der Waals surface area contributed by atoms with Gasteiger partial charge in [0.25, 0.3) is 0 Å². The Morgan fingerprint density at radius 1 is 1.45 bits per heavy atom. The topological polar surface area (TPSA) is 41.6 Å². The van der Waals surface area contributed by atoms with Gasteiger partial charge in [-0.1, -0.05) is 12.1 Å². The van der Waals surface area contributed by atoms with E-state index in [0.717, 1.165) is 24.9 Å². The third kappa shape index (κ3) is 5.55. The molecule has 22 heavy (non-hydrogen) atoms. The molecule has 1 aliphatic heterocycles. The van der Waals surface area contributed by atoms with Crippen molar-refractivity contribution >= 4 is 5.91 Å². The van der Waals surface area contributed by atoms with Crippen molar-refractivity contribution in [2.75, 3.05) is 13.1 Å². The Hall–Kier alpha value is -1.76. The van der Waals surface area contributed by atoms with Crippen LogP contribution in [0, 0.1) is 0 Å². The number of ether oxygens (including phenoxy) is 1. The molecule has 0 spiro atoms. The molecule has 1 N–H and O–H groups in total. The molecule has 0 aliphatic carbocycles. The number of carbonyl (C=O) groups is 1. The fraction of sp³-hybridized carbons (Fsp3) is 0.533. The minimum Gasteiger partial charge on any atom is -0.406 e. The highest BCUT2D eigenvalue weighted by Gasteiger charge is 2.31. The van der Waals surface area contributed by atoms with Gasteiger partial charge in [0.05, 0.1) is 0 Å². The molecule has 7 heteroatoms. The van der Waals surface area contributed by atoms with E-state index < -0.39 is 6.36 Å². The summed E-state index contributed by atoms with van der Waals surface area (Å²) in [7, 11) is 0. The fourth-order valence-electron chi connectivity index (χ4n) is 2.70. The number of rotatable bonds is 4. The maximum Gasteiger partial charge on any atom is 0.573 e. The molecule has 0 aromatic heterocycles. The summed E-state index contributed by atoms with van der Waals surface area (Å²) in [5, 5.41) is 2.89. The molecule has 1 aromatic carbocycles. The normalized spacial score (nSPS) is 19.7. The number of hydrogen-bond donors (Lipinski definition) is 1. The van der Waals surface area contributed by atoms with Crippen molar-refractivity contribution in [3.63, 3.8) is 0 Å². The second-order valence-corrected chi connectivity index (χ2v) is 5.47. The maximum absolute atomic E-state index is 12.2. The number of piperidine rings is 1. The SMILES string of the molecule is CC(=O)N[C@H]1CCCN(Cc2cccc(OC(F)(F)F)c2)C1. The van der Waals surface area contributed by atoms with Crippen LogP contribution < -0.4 is 10.1 Å². The molecule has 0 saturated carbocycles. The number of amides is 1. The van der Waals surface area contributed by atoms with Gasteiger partial charge in [0.2, 0.25) is 5.91 Å². The van der Waals surface area contributed by atoms with Crippen LogP contribution in [0.5, 0.6) is 5.75 Å². The van der Waals surface area contributed by atoms with Crippen molar-refractivity contribution in [2.45, 2.75) is 38.7 Å². The van der Waals surface area contributed by atoms with Crippen LogP contribution in [0.4, 0.5) is 13.2 Å². The summed E-state index contributed by atoms with van der Waals surface area (Å²) in [4.78, 5) is 13.2. The molecule has 0 radical (unpaired) electrons. The van der Waals surface area contributed by atoms with Crippen LogP contribution in [0.15, 0.2) is 24.3 Å². The molecule has 1 amide bonds. The van der Waals surface area contributed by atoms with Crippen molar-refractivity contribution in [3.05, 3.63) is 29.8 Å². The minimum atomic E-state index is -4.68. The van der Waals surface area contributed by atoms with Gasteiger partial charge in [0.15, 0.2) is 0 Å². The largest absolute Gasteiger partial charge is 0.573 e. The number of halogens is 3. The smallest absolute Gasteiger partial charge is 0.406 e. The van der Waals surface area contributed by atoms with Crippen molar-refractivity contribution < 1.29 is 22.7 Å². The summed E-state index contributed by atoms with van der Waals surface area (Å²) in [6.45, 7) is 3.58. The molecule has 0 unspecified atom stereocenters. The van der Waals surface area contributed by atoms with Gasteiger partial charge < -0.3 is 10.1 Å². The summed E-state index contributed by atoms with van der Waals surface area (Å²) < 4.78 is 40.6. The lowest BCUT2D eigenvalue weighted by molar-refractivity contribution is -0.274. The Balaban J connectivity index is 1.95. The van der Waals surface area contributed by atoms with Gasteiger partial charge in [0.1, 0.15) is 5.75 Å². The molecular formula is C15H19F3N2O2. The van der Waals surface area contributed by atoms with E-state index in [4.69, 9.17) is 0 Å². The van der Waals surface area contributed by atoms with E-state index in [1.165, 1.54) is 19.1 Å². The maximum atomic E-state index is 12.2. The summed E-state index contributed by atoms with van der Waals surface area (Å²) >= 11 is 0. The van der Waals surface area contributed by atoms with E-state index in [0.29, 0.717) is 13.1 Å². The first-order valence-electron chi connectivity index (χ1n) is 7.16. The van der Waals surface area contributed by atoms with E-state index >= 15 is 0 Å². The Kier molecular flexibility index (Phi) is 5.28. The third-order valence-electron chi connectivity index (χ3n) is 3.45. The number of likely N-dealkylation sites (tertiary alicyclic amines) is 1. The summed E-state index contributed by atoms with van der Waals surface area (Å²) in [5.74, 6) is -0.271. The highest BCUT2D eigenvalue weighted by atomic mass is 19.4. The quantitative estimate of drug-likeness (QED) is 0.928.